The van der Waals surface area contributed by atoms with E-state index in [0.29, 0.717) is 0 Å². The van der Waals surface area contributed by atoms with E-state index in [0.717, 1.165) is 0 Å². The summed E-state index contributed by atoms with van der Waals surface area (Å²) in [5.74, 6) is 0. The molecule has 0 fully saturated rings. The van der Waals surface area contributed by atoms with Crippen LogP contribution < -0.4 is 0 Å². The number of rotatable bonds is 3. The standard InChI is InChI=1S/C44H34/c1-44(2,3)39-20-23-43-38(28-39)17-16-37-27-35(19-22-42(37)43)33-12-7-10-31(25-33)30-9-6-11-32(24-30)34-18-21-41-36(26-34)15-14-29-8-4-5-13-40(29)41/h4-28H,1-3H3. The summed E-state index contributed by atoms with van der Waals surface area (Å²) in [5, 5.41) is 10.4. The zero-order valence-corrected chi connectivity index (χ0v) is 25.4. The van der Waals surface area contributed by atoms with E-state index in [1.54, 1.807) is 0 Å². The van der Waals surface area contributed by atoms with E-state index in [4.69, 9.17) is 0 Å². The van der Waals surface area contributed by atoms with E-state index in [1.165, 1.54) is 82.0 Å². The van der Waals surface area contributed by atoms with Crippen molar-refractivity contribution in [3.8, 4) is 33.4 Å². The topological polar surface area (TPSA) is 0 Å². The number of hydrogen-bond donors (Lipinski definition) is 0. The molecule has 0 amide bonds. The highest BCUT2D eigenvalue weighted by Gasteiger charge is 2.14. The maximum absolute atomic E-state index is 2.35. The van der Waals surface area contributed by atoms with Gasteiger partial charge in [0, 0.05) is 0 Å². The third-order valence-corrected chi connectivity index (χ3v) is 9.17. The zero-order chi connectivity index (χ0) is 29.8. The van der Waals surface area contributed by atoms with Crippen molar-refractivity contribution in [3.63, 3.8) is 0 Å². The fourth-order valence-corrected chi connectivity index (χ4v) is 6.67. The Hall–Kier alpha value is -5.20. The van der Waals surface area contributed by atoms with Crippen molar-refractivity contribution in [2.24, 2.45) is 0 Å². The first kappa shape index (κ1) is 26.4. The highest BCUT2D eigenvalue weighted by molar-refractivity contribution is 6.09. The monoisotopic (exact) mass is 562 g/mol. The van der Waals surface area contributed by atoms with E-state index in [-0.39, 0.29) is 5.41 Å². The molecule has 0 nitrogen and oxygen atoms in total. The van der Waals surface area contributed by atoms with Gasteiger partial charge in [-0.15, -0.1) is 0 Å². The van der Waals surface area contributed by atoms with Gasteiger partial charge in [-0.2, -0.15) is 0 Å². The molecule has 0 heterocycles. The Labute approximate surface area is 259 Å². The number of fused-ring (bicyclic) bond motifs is 6. The Kier molecular flexibility index (Phi) is 6.13. The largest absolute Gasteiger partial charge is 0.0616 e. The Morgan fingerprint density at radius 1 is 0.295 bits per heavy atom. The van der Waals surface area contributed by atoms with Crippen LogP contribution in [-0.2, 0) is 5.41 Å². The lowest BCUT2D eigenvalue weighted by Gasteiger charge is -2.20. The molecule has 8 rings (SSSR count). The maximum atomic E-state index is 2.35. The van der Waals surface area contributed by atoms with E-state index in [1.807, 2.05) is 0 Å². The smallest absolute Gasteiger partial charge is 0.0105 e. The van der Waals surface area contributed by atoms with Gasteiger partial charge < -0.3 is 0 Å². The summed E-state index contributed by atoms with van der Waals surface area (Å²) in [6.07, 6.45) is 0. The van der Waals surface area contributed by atoms with E-state index >= 15 is 0 Å². The molecule has 44 heavy (non-hydrogen) atoms. The van der Waals surface area contributed by atoms with Gasteiger partial charge >= 0.3 is 0 Å². The molecular formula is C44H34. The summed E-state index contributed by atoms with van der Waals surface area (Å²) in [6.45, 7) is 6.82. The Morgan fingerprint density at radius 2 is 0.705 bits per heavy atom. The van der Waals surface area contributed by atoms with Crippen molar-refractivity contribution in [2.75, 3.05) is 0 Å². The second-order valence-electron chi connectivity index (χ2n) is 13.1. The van der Waals surface area contributed by atoms with Crippen molar-refractivity contribution in [2.45, 2.75) is 26.2 Å². The predicted octanol–water partition coefficient (Wildman–Crippen LogP) is 12.6. The normalized spacial score (nSPS) is 12.0. The first-order valence-corrected chi connectivity index (χ1v) is 15.5. The molecule has 0 aliphatic heterocycles. The van der Waals surface area contributed by atoms with Crippen molar-refractivity contribution >= 4 is 43.1 Å². The maximum Gasteiger partial charge on any atom is -0.0105 e. The molecule has 0 aliphatic rings. The van der Waals surface area contributed by atoms with Crippen LogP contribution in [0.4, 0.5) is 0 Å². The summed E-state index contributed by atoms with van der Waals surface area (Å²) in [4.78, 5) is 0. The number of benzene rings is 8. The first-order chi connectivity index (χ1) is 21.4. The van der Waals surface area contributed by atoms with Crippen LogP contribution in [0.5, 0.6) is 0 Å². The van der Waals surface area contributed by atoms with Gasteiger partial charge in [-0.1, -0.05) is 148 Å². The molecule has 0 heteroatoms. The molecule has 0 atom stereocenters. The van der Waals surface area contributed by atoms with Crippen molar-refractivity contribution in [1.29, 1.82) is 0 Å². The van der Waals surface area contributed by atoms with Crippen molar-refractivity contribution < 1.29 is 0 Å². The molecule has 0 bridgehead atoms. The molecule has 0 aliphatic carbocycles. The Bertz CT molecular complexity index is 2360. The van der Waals surface area contributed by atoms with Crippen LogP contribution in [0.15, 0.2) is 152 Å². The molecule has 8 aromatic carbocycles. The van der Waals surface area contributed by atoms with E-state index in [9.17, 15) is 0 Å². The predicted molar refractivity (Wildman–Crippen MR) is 191 cm³/mol. The molecule has 0 radical (unpaired) electrons. The average Bonchev–Trinajstić information content (AvgIpc) is 3.07. The van der Waals surface area contributed by atoms with Gasteiger partial charge in [0.05, 0.1) is 0 Å². The van der Waals surface area contributed by atoms with E-state index < -0.39 is 0 Å². The quantitative estimate of drug-likeness (QED) is 0.188. The Morgan fingerprint density at radius 3 is 1.23 bits per heavy atom. The average molecular weight is 563 g/mol. The van der Waals surface area contributed by atoms with Gasteiger partial charge in [0.1, 0.15) is 0 Å². The third-order valence-electron chi connectivity index (χ3n) is 9.17. The molecule has 0 saturated heterocycles. The van der Waals surface area contributed by atoms with Crippen LogP contribution in [0.25, 0.3) is 76.5 Å². The molecule has 0 saturated carbocycles. The second kappa shape index (κ2) is 10.2. The Balaban J connectivity index is 1.14. The van der Waals surface area contributed by atoms with Crippen LogP contribution >= 0.6 is 0 Å². The minimum absolute atomic E-state index is 0.141. The highest BCUT2D eigenvalue weighted by Crippen LogP contribution is 2.35. The fourth-order valence-electron chi connectivity index (χ4n) is 6.67. The molecular weight excluding hydrogens is 528 g/mol. The lowest BCUT2D eigenvalue weighted by atomic mass is 9.85. The SMILES string of the molecule is CC(C)(C)c1ccc2c(ccc3cc(-c4cccc(-c5cccc(-c6ccc7c(ccc8ccccc87)c6)c5)c4)ccc32)c1. The van der Waals surface area contributed by atoms with Gasteiger partial charge in [-0.25, -0.2) is 0 Å². The van der Waals surface area contributed by atoms with Gasteiger partial charge in [0.25, 0.3) is 0 Å². The zero-order valence-electron chi connectivity index (χ0n) is 25.4. The minimum Gasteiger partial charge on any atom is -0.0616 e. The number of hydrogen-bond acceptors (Lipinski definition) is 0. The first-order valence-electron chi connectivity index (χ1n) is 15.5. The van der Waals surface area contributed by atoms with Crippen molar-refractivity contribution in [3.05, 3.63) is 157 Å². The summed E-state index contributed by atoms with van der Waals surface area (Å²) in [7, 11) is 0. The van der Waals surface area contributed by atoms with Crippen LogP contribution in [0.1, 0.15) is 26.3 Å². The highest BCUT2D eigenvalue weighted by atomic mass is 14.2. The van der Waals surface area contributed by atoms with Crippen molar-refractivity contribution in [1.82, 2.24) is 0 Å². The van der Waals surface area contributed by atoms with Gasteiger partial charge in [0.2, 0.25) is 0 Å². The molecule has 0 spiro atoms. The van der Waals surface area contributed by atoms with Gasteiger partial charge in [-0.3, -0.25) is 0 Å². The van der Waals surface area contributed by atoms with Crippen LogP contribution in [0.2, 0.25) is 0 Å². The molecule has 0 unspecified atom stereocenters. The summed E-state index contributed by atoms with van der Waals surface area (Å²) < 4.78 is 0. The summed E-state index contributed by atoms with van der Waals surface area (Å²) in [5.41, 5.74) is 8.91. The van der Waals surface area contributed by atoms with Crippen LogP contribution in [0.3, 0.4) is 0 Å². The fraction of sp³-hybridized carbons (Fsp3) is 0.0909. The molecule has 8 aromatic rings. The van der Waals surface area contributed by atoms with Crippen LogP contribution in [-0.4, -0.2) is 0 Å². The molecule has 0 N–H and O–H groups in total. The lowest BCUT2D eigenvalue weighted by Crippen LogP contribution is -2.10. The molecule has 210 valence electrons. The molecule has 0 aromatic heterocycles. The minimum atomic E-state index is 0.141. The van der Waals surface area contributed by atoms with Gasteiger partial charge in [-0.05, 0) is 112 Å². The lowest BCUT2D eigenvalue weighted by molar-refractivity contribution is 0.591. The summed E-state index contributed by atoms with van der Waals surface area (Å²) >= 11 is 0. The van der Waals surface area contributed by atoms with E-state index in [2.05, 4.69) is 172 Å². The van der Waals surface area contributed by atoms with Crippen LogP contribution in [0, 0.1) is 0 Å². The second-order valence-corrected chi connectivity index (χ2v) is 13.1. The van der Waals surface area contributed by atoms with Gasteiger partial charge in [0.15, 0.2) is 0 Å². The third kappa shape index (κ3) is 4.64. The summed E-state index contributed by atoms with van der Waals surface area (Å²) in [6, 6.07) is 56.2.